The summed E-state index contributed by atoms with van der Waals surface area (Å²) in [5.74, 6) is -0.475. The summed E-state index contributed by atoms with van der Waals surface area (Å²) in [6, 6.07) is 4.49. The van der Waals surface area contributed by atoms with E-state index in [4.69, 9.17) is 5.73 Å². The highest BCUT2D eigenvalue weighted by Crippen LogP contribution is 2.30. The summed E-state index contributed by atoms with van der Waals surface area (Å²) in [5, 5.41) is 2.43. The van der Waals surface area contributed by atoms with E-state index in [9.17, 15) is 18.0 Å². The van der Waals surface area contributed by atoms with E-state index in [0.717, 1.165) is 12.1 Å². The van der Waals surface area contributed by atoms with Crippen molar-refractivity contribution >= 4 is 11.6 Å². The van der Waals surface area contributed by atoms with E-state index in [-0.39, 0.29) is 5.69 Å². The minimum absolute atomic E-state index is 0.0940. The van der Waals surface area contributed by atoms with Crippen LogP contribution in [0.25, 0.3) is 0 Å². The van der Waals surface area contributed by atoms with Crippen molar-refractivity contribution in [2.75, 3.05) is 5.32 Å². The number of amides is 1. The fourth-order valence-electron chi connectivity index (χ4n) is 1.60. The van der Waals surface area contributed by atoms with E-state index in [1.54, 1.807) is 13.8 Å². The van der Waals surface area contributed by atoms with Gasteiger partial charge in [-0.25, -0.2) is 0 Å². The van der Waals surface area contributed by atoms with Gasteiger partial charge in [-0.05, 0) is 31.0 Å². The molecule has 0 saturated carbocycles. The van der Waals surface area contributed by atoms with Crippen LogP contribution in [0.3, 0.4) is 0 Å². The summed E-state index contributed by atoms with van der Waals surface area (Å²) < 4.78 is 37.6. The smallest absolute Gasteiger partial charge is 0.324 e. The predicted molar refractivity (Wildman–Crippen MR) is 67.6 cm³/mol. The van der Waals surface area contributed by atoms with E-state index >= 15 is 0 Å². The number of anilines is 1. The lowest BCUT2D eigenvalue weighted by Gasteiger charge is -2.25. The molecule has 0 aromatic heterocycles. The quantitative estimate of drug-likeness (QED) is 0.886. The van der Waals surface area contributed by atoms with Gasteiger partial charge in [0.1, 0.15) is 0 Å². The molecule has 0 aliphatic rings. The van der Waals surface area contributed by atoms with Gasteiger partial charge in [-0.1, -0.05) is 19.9 Å². The molecule has 0 fully saturated rings. The molecule has 3 nitrogen and oxygen atoms in total. The number of alkyl halides is 3. The first-order valence-corrected chi connectivity index (χ1v) is 6.00. The van der Waals surface area contributed by atoms with Gasteiger partial charge in [0.25, 0.3) is 0 Å². The molecular formula is C13H17F3N2O. The van der Waals surface area contributed by atoms with Gasteiger partial charge >= 0.3 is 6.18 Å². The highest BCUT2D eigenvalue weighted by Gasteiger charge is 2.32. The van der Waals surface area contributed by atoms with E-state index < -0.39 is 23.2 Å². The Morgan fingerprint density at radius 3 is 2.32 bits per heavy atom. The van der Waals surface area contributed by atoms with Crippen molar-refractivity contribution in [3.63, 3.8) is 0 Å². The topological polar surface area (TPSA) is 55.1 Å². The molecule has 0 radical (unpaired) electrons. The van der Waals surface area contributed by atoms with Crippen LogP contribution in [-0.4, -0.2) is 11.4 Å². The Kier molecular flexibility index (Phi) is 4.57. The van der Waals surface area contributed by atoms with Crippen LogP contribution < -0.4 is 11.1 Å². The van der Waals surface area contributed by atoms with Crippen LogP contribution in [0.2, 0.25) is 0 Å². The fourth-order valence-corrected chi connectivity index (χ4v) is 1.60. The van der Waals surface area contributed by atoms with Gasteiger partial charge in [0.05, 0.1) is 11.1 Å². The molecular weight excluding hydrogens is 257 g/mol. The Labute approximate surface area is 110 Å². The third kappa shape index (κ3) is 3.70. The van der Waals surface area contributed by atoms with Crippen molar-refractivity contribution in [3.8, 4) is 0 Å². The SMILES string of the molecule is CCC(N)(CC)C(=O)Nc1cccc(C(F)(F)F)c1. The average Bonchev–Trinajstić information content (AvgIpc) is 2.37. The maximum atomic E-state index is 12.5. The van der Waals surface area contributed by atoms with Crippen LogP contribution in [0.4, 0.5) is 18.9 Å². The molecule has 19 heavy (non-hydrogen) atoms. The van der Waals surface area contributed by atoms with Gasteiger partial charge in [-0.3, -0.25) is 4.79 Å². The first kappa shape index (κ1) is 15.5. The first-order chi connectivity index (χ1) is 8.73. The van der Waals surface area contributed by atoms with Crippen molar-refractivity contribution in [1.29, 1.82) is 0 Å². The van der Waals surface area contributed by atoms with Crippen LogP contribution in [0.15, 0.2) is 24.3 Å². The summed E-state index contributed by atoms with van der Waals surface area (Å²) in [5.41, 5.74) is 4.11. The molecule has 106 valence electrons. The molecule has 0 aliphatic heterocycles. The zero-order chi connectivity index (χ0) is 14.7. The second-order valence-corrected chi connectivity index (χ2v) is 4.40. The maximum absolute atomic E-state index is 12.5. The highest BCUT2D eigenvalue weighted by molar-refractivity contribution is 5.97. The van der Waals surface area contributed by atoms with Crippen LogP contribution in [0, 0.1) is 0 Å². The van der Waals surface area contributed by atoms with Crippen molar-refractivity contribution in [2.45, 2.75) is 38.4 Å². The van der Waals surface area contributed by atoms with Gasteiger partial charge in [0.15, 0.2) is 0 Å². The summed E-state index contributed by atoms with van der Waals surface area (Å²) in [4.78, 5) is 11.9. The second kappa shape index (κ2) is 5.61. The Morgan fingerprint density at radius 2 is 1.84 bits per heavy atom. The van der Waals surface area contributed by atoms with E-state index in [1.807, 2.05) is 0 Å². The number of hydrogen-bond donors (Lipinski definition) is 2. The van der Waals surface area contributed by atoms with E-state index in [0.29, 0.717) is 12.8 Å². The lowest BCUT2D eigenvalue weighted by Crippen LogP contribution is -2.50. The van der Waals surface area contributed by atoms with Crippen molar-refractivity contribution in [2.24, 2.45) is 5.73 Å². The minimum atomic E-state index is -4.43. The number of carbonyl (C=O) groups excluding carboxylic acids is 1. The molecule has 0 spiro atoms. The standard InChI is InChI=1S/C13H17F3N2O/c1-3-12(17,4-2)11(19)18-10-7-5-6-9(8-10)13(14,15)16/h5-8H,3-4,17H2,1-2H3,(H,18,19). The Morgan fingerprint density at radius 1 is 1.26 bits per heavy atom. The van der Waals surface area contributed by atoms with Gasteiger partial charge < -0.3 is 11.1 Å². The summed E-state index contributed by atoms with van der Waals surface area (Å²) in [6.45, 7) is 3.52. The molecule has 1 aromatic carbocycles. The second-order valence-electron chi connectivity index (χ2n) is 4.40. The molecule has 0 unspecified atom stereocenters. The van der Waals surface area contributed by atoms with Gasteiger partial charge in [-0.15, -0.1) is 0 Å². The molecule has 1 aromatic rings. The zero-order valence-electron chi connectivity index (χ0n) is 10.8. The lowest BCUT2D eigenvalue weighted by molar-refractivity contribution is -0.137. The predicted octanol–water partition coefficient (Wildman–Crippen LogP) is 3.16. The zero-order valence-corrected chi connectivity index (χ0v) is 10.8. The molecule has 0 saturated heterocycles. The van der Waals surface area contributed by atoms with E-state index in [2.05, 4.69) is 5.32 Å². The summed E-state index contributed by atoms with van der Waals surface area (Å²) in [7, 11) is 0. The molecule has 3 N–H and O–H groups in total. The summed E-state index contributed by atoms with van der Waals surface area (Å²) >= 11 is 0. The Balaban J connectivity index is 2.92. The molecule has 0 atom stereocenters. The fraction of sp³-hybridized carbons (Fsp3) is 0.462. The molecule has 0 aliphatic carbocycles. The third-order valence-electron chi connectivity index (χ3n) is 3.16. The number of nitrogens with one attached hydrogen (secondary N) is 1. The van der Waals surface area contributed by atoms with Crippen molar-refractivity contribution < 1.29 is 18.0 Å². The number of carbonyl (C=O) groups is 1. The normalized spacial score (nSPS) is 12.3. The number of halogens is 3. The number of hydrogen-bond acceptors (Lipinski definition) is 2. The van der Waals surface area contributed by atoms with Crippen LogP contribution >= 0.6 is 0 Å². The Hall–Kier alpha value is -1.56. The van der Waals surface area contributed by atoms with E-state index in [1.165, 1.54) is 12.1 Å². The number of nitrogens with two attached hydrogens (primary N) is 1. The third-order valence-corrected chi connectivity index (χ3v) is 3.16. The molecule has 0 bridgehead atoms. The van der Waals surface area contributed by atoms with Crippen molar-refractivity contribution in [1.82, 2.24) is 0 Å². The number of benzene rings is 1. The molecule has 1 rings (SSSR count). The van der Waals surface area contributed by atoms with Crippen LogP contribution in [0.1, 0.15) is 32.3 Å². The Bertz CT molecular complexity index is 453. The highest BCUT2D eigenvalue weighted by atomic mass is 19.4. The van der Waals surface area contributed by atoms with Gasteiger partial charge in [0.2, 0.25) is 5.91 Å². The van der Waals surface area contributed by atoms with Crippen molar-refractivity contribution in [3.05, 3.63) is 29.8 Å². The average molecular weight is 274 g/mol. The lowest BCUT2D eigenvalue weighted by atomic mass is 9.93. The maximum Gasteiger partial charge on any atom is 0.416 e. The minimum Gasteiger partial charge on any atom is -0.324 e. The number of rotatable bonds is 4. The van der Waals surface area contributed by atoms with Crippen LogP contribution in [0.5, 0.6) is 0 Å². The molecule has 6 heteroatoms. The van der Waals surface area contributed by atoms with Crippen LogP contribution in [-0.2, 0) is 11.0 Å². The summed E-state index contributed by atoms with van der Waals surface area (Å²) in [6.07, 6.45) is -3.61. The largest absolute Gasteiger partial charge is 0.416 e. The monoisotopic (exact) mass is 274 g/mol. The molecule has 1 amide bonds. The first-order valence-electron chi connectivity index (χ1n) is 6.00. The van der Waals surface area contributed by atoms with Gasteiger partial charge in [-0.2, -0.15) is 13.2 Å². The van der Waals surface area contributed by atoms with Gasteiger partial charge in [0, 0.05) is 5.69 Å². The molecule has 0 heterocycles.